The van der Waals surface area contributed by atoms with Crippen LogP contribution in [0.3, 0.4) is 0 Å². The van der Waals surface area contributed by atoms with E-state index < -0.39 is 0 Å². The van der Waals surface area contributed by atoms with Gasteiger partial charge in [0.15, 0.2) is 5.82 Å². The summed E-state index contributed by atoms with van der Waals surface area (Å²) >= 11 is 1.64. The molecule has 0 aliphatic heterocycles. The third kappa shape index (κ3) is 4.38. The highest BCUT2D eigenvalue weighted by molar-refractivity contribution is 7.99. The summed E-state index contributed by atoms with van der Waals surface area (Å²) in [5.74, 6) is 2.71. The van der Waals surface area contributed by atoms with Crippen LogP contribution in [0.4, 0.5) is 0 Å². The van der Waals surface area contributed by atoms with Crippen LogP contribution < -0.4 is 4.74 Å². The number of nitrogens with one attached hydrogen (secondary N) is 1. The van der Waals surface area contributed by atoms with E-state index in [1.165, 1.54) is 11.1 Å². The van der Waals surface area contributed by atoms with E-state index in [2.05, 4.69) is 47.2 Å². The predicted molar refractivity (Wildman–Crippen MR) is 98.6 cm³/mol. The fraction of sp³-hybridized carbons (Fsp3) is 0.263. The monoisotopic (exact) mass is 339 g/mol. The highest BCUT2D eigenvalue weighted by Gasteiger charge is 2.06. The molecule has 3 rings (SSSR count). The number of rotatable bonds is 7. The maximum Gasteiger partial charge on any atom is 0.208 e. The van der Waals surface area contributed by atoms with Crippen LogP contribution in [0.5, 0.6) is 5.75 Å². The van der Waals surface area contributed by atoms with Crippen molar-refractivity contribution in [1.29, 1.82) is 0 Å². The van der Waals surface area contributed by atoms with Gasteiger partial charge in [0.1, 0.15) is 5.75 Å². The molecule has 0 unspecified atom stereocenters. The number of benzene rings is 2. The van der Waals surface area contributed by atoms with Crippen LogP contribution in [0, 0.1) is 13.8 Å². The van der Waals surface area contributed by atoms with Crippen LogP contribution in [0.2, 0.25) is 0 Å². The molecule has 1 heterocycles. The van der Waals surface area contributed by atoms with Gasteiger partial charge in [0.25, 0.3) is 0 Å². The van der Waals surface area contributed by atoms with Gasteiger partial charge in [-0.3, -0.25) is 5.10 Å². The van der Waals surface area contributed by atoms with E-state index in [0.29, 0.717) is 6.61 Å². The molecule has 0 fully saturated rings. The predicted octanol–water partition coefficient (Wildman–Crippen LogP) is 4.65. The molecule has 124 valence electrons. The molecule has 0 aliphatic rings. The second kappa shape index (κ2) is 8.02. The van der Waals surface area contributed by atoms with Crippen LogP contribution in [0.25, 0.3) is 11.4 Å². The molecule has 4 nitrogen and oxygen atoms in total. The molecule has 3 aromatic rings. The highest BCUT2D eigenvalue weighted by Crippen LogP contribution is 2.21. The van der Waals surface area contributed by atoms with E-state index in [1.54, 1.807) is 11.8 Å². The van der Waals surface area contributed by atoms with Crippen LogP contribution in [-0.2, 0) is 0 Å². The number of ether oxygens (including phenoxy) is 1. The molecule has 5 heteroatoms. The average Bonchev–Trinajstić information content (AvgIpc) is 3.07. The Morgan fingerprint density at radius 1 is 1.08 bits per heavy atom. The number of aryl methyl sites for hydroxylation is 2. The first kappa shape index (κ1) is 16.6. The lowest BCUT2D eigenvalue weighted by Crippen LogP contribution is -2.00. The van der Waals surface area contributed by atoms with Crippen molar-refractivity contribution < 1.29 is 4.74 Å². The number of H-pyrrole nitrogens is 1. The smallest absolute Gasteiger partial charge is 0.208 e. The van der Waals surface area contributed by atoms with Gasteiger partial charge in [-0.05, 0) is 37.5 Å². The number of hydrogen-bond donors (Lipinski definition) is 1. The van der Waals surface area contributed by atoms with Crippen LogP contribution >= 0.6 is 11.8 Å². The zero-order chi connectivity index (χ0) is 16.8. The molecule has 1 N–H and O–H groups in total. The maximum absolute atomic E-state index is 5.87. The van der Waals surface area contributed by atoms with E-state index >= 15 is 0 Å². The Hall–Kier alpha value is -2.27. The molecule has 1 aromatic heterocycles. The molecule has 0 atom stereocenters. The van der Waals surface area contributed by atoms with Gasteiger partial charge in [0.05, 0.1) is 6.61 Å². The van der Waals surface area contributed by atoms with Gasteiger partial charge in [-0.1, -0.05) is 54.2 Å². The first-order valence-corrected chi connectivity index (χ1v) is 9.01. The Morgan fingerprint density at radius 3 is 2.75 bits per heavy atom. The van der Waals surface area contributed by atoms with Gasteiger partial charge >= 0.3 is 0 Å². The van der Waals surface area contributed by atoms with Crippen molar-refractivity contribution in [1.82, 2.24) is 15.2 Å². The first-order valence-electron chi connectivity index (χ1n) is 8.03. The Kier molecular flexibility index (Phi) is 5.54. The SMILES string of the molecule is Cc1ccc(C)c(OCCCSc2n[nH]c(-c3ccccc3)n2)c1. The van der Waals surface area contributed by atoms with Crippen molar-refractivity contribution >= 4 is 11.8 Å². The number of nitrogens with zero attached hydrogens (tertiary/aromatic N) is 2. The lowest BCUT2D eigenvalue weighted by Gasteiger charge is -2.09. The van der Waals surface area contributed by atoms with Crippen molar-refractivity contribution in [3.63, 3.8) is 0 Å². The zero-order valence-corrected chi connectivity index (χ0v) is 14.8. The van der Waals surface area contributed by atoms with Crippen LogP contribution in [-0.4, -0.2) is 27.5 Å². The normalized spacial score (nSPS) is 10.8. The number of aromatic amines is 1. The fourth-order valence-electron chi connectivity index (χ4n) is 2.30. The minimum atomic E-state index is 0.702. The molecule has 0 bridgehead atoms. The maximum atomic E-state index is 5.87. The number of thioether (sulfide) groups is 1. The van der Waals surface area contributed by atoms with E-state index in [4.69, 9.17) is 4.74 Å². The number of aromatic nitrogens is 3. The van der Waals surface area contributed by atoms with Gasteiger partial charge in [0, 0.05) is 11.3 Å². The Balaban J connectivity index is 1.44. The zero-order valence-electron chi connectivity index (χ0n) is 14.0. The van der Waals surface area contributed by atoms with Crippen LogP contribution in [0.1, 0.15) is 17.5 Å². The van der Waals surface area contributed by atoms with E-state index in [0.717, 1.165) is 34.5 Å². The summed E-state index contributed by atoms with van der Waals surface area (Å²) in [6.07, 6.45) is 0.952. The van der Waals surface area contributed by atoms with Crippen molar-refractivity contribution in [2.75, 3.05) is 12.4 Å². The highest BCUT2D eigenvalue weighted by atomic mass is 32.2. The standard InChI is InChI=1S/C19H21N3OS/c1-14-9-10-15(2)17(13-14)23-11-6-12-24-19-20-18(21-22-19)16-7-4-3-5-8-16/h3-5,7-10,13H,6,11-12H2,1-2H3,(H,20,21,22). The minimum Gasteiger partial charge on any atom is -0.493 e. The van der Waals surface area contributed by atoms with Gasteiger partial charge in [-0.2, -0.15) is 0 Å². The lowest BCUT2D eigenvalue weighted by molar-refractivity contribution is 0.316. The summed E-state index contributed by atoms with van der Waals surface area (Å²) < 4.78 is 5.87. The molecule has 2 aromatic carbocycles. The van der Waals surface area contributed by atoms with E-state index in [1.807, 2.05) is 30.3 Å². The molecule has 0 amide bonds. The third-order valence-corrected chi connectivity index (χ3v) is 4.57. The largest absolute Gasteiger partial charge is 0.493 e. The topological polar surface area (TPSA) is 50.8 Å². The van der Waals surface area contributed by atoms with Crippen molar-refractivity contribution in [3.8, 4) is 17.1 Å². The van der Waals surface area contributed by atoms with Gasteiger partial charge in [-0.25, -0.2) is 4.98 Å². The van der Waals surface area contributed by atoms with E-state index in [-0.39, 0.29) is 0 Å². The molecular formula is C19H21N3OS. The van der Waals surface area contributed by atoms with Crippen molar-refractivity contribution in [3.05, 3.63) is 59.7 Å². The average molecular weight is 339 g/mol. The third-order valence-electron chi connectivity index (χ3n) is 3.63. The molecule has 24 heavy (non-hydrogen) atoms. The molecule has 0 saturated carbocycles. The van der Waals surface area contributed by atoms with E-state index in [9.17, 15) is 0 Å². The molecular weight excluding hydrogens is 318 g/mol. The fourth-order valence-corrected chi connectivity index (χ4v) is 3.01. The second-order valence-electron chi connectivity index (χ2n) is 5.65. The Morgan fingerprint density at radius 2 is 1.92 bits per heavy atom. The first-order chi connectivity index (χ1) is 11.7. The van der Waals surface area contributed by atoms with Gasteiger partial charge in [-0.15, -0.1) is 5.10 Å². The number of hydrogen-bond acceptors (Lipinski definition) is 4. The molecule has 0 spiro atoms. The van der Waals surface area contributed by atoms with Crippen molar-refractivity contribution in [2.45, 2.75) is 25.4 Å². The molecule has 0 radical (unpaired) electrons. The van der Waals surface area contributed by atoms with Crippen molar-refractivity contribution in [2.24, 2.45) is 0 Å². The summed E-state index contributed by atoms with van der Waals surface area (Å²) in [6, 6.07) is 16.3. The van der Waals surface area contributed by atoms with Gasteiger partial charge in [0.2, 0.25) is 5.16 Å². The second-order valence-corrected chi connectivity index (χ2v) is 6.71. The lowest BCUT2D eigenvalue weighted by atomic mass is 10.1. The molecule has 0 aliphatic carbocycles. The Bertz CT molecular complexity index is 786. The molecule has 0 saturated heterocycles. The minimum absolute atomic E-state index is 0.702. The summed E-state index contributed by atoms with van der Waals surface area (Å²) in [6.45, 7) is 4.85. The Labute approximate surface area is 146 Å². The summed E-state index contributed by atoms with van der Waals surface area (Å²) in [4.78, 5) is 4.52. The summed E-state index contributed by atoms with van der Waals surface area (Å²) in [7, 11) is 0. The summed E-state index contributed by atoms with van der Waals surface area (Å²) in [5.41, 5.74) is 3.45. The quantitative estimate of drug-likeness (QED) is 0.503. The van der Waals surface area contributed by atoms with Gasteiger partial charge < -0.3 is 4.74 Å². The summed E-state index contributed by atoms with van der Waals surface area (Å²) in [5, 5.41) is 8.03. The van der Waals surface area contributed by atoms with Crippen LogP contribution in [0.15, 0.2) is 53.7 Å².